The molecule has 2 bridgehead atoms. The summed E-state index contributed by atoms with van der Waals surface area (Å²) in [5.41, 5.74) is 0.772. The molecule has 18 heavy (non-hydrogen) atoms. The van der Waals surface area contributed by atoms with Gasteiger partial charge < -0.3 is 4.74 Å². The van der Waals surface area contributed by atoms with E-state index in [1.54, 1.807) is 0 Å². The molecule has 3 atom stereocenters. The Bertz CT molecular complexity index is 468. The summed E-state index contributed by atoms with van der Waals surface area (Å²) in [4.78, 5) is 0. The van der Waals surface area contributed by atoms with Gasteiger partial charge in [0, 0.05) is 5.41 Å². The van der Waals surface area contributed by atoms with Crippen LogP contribution in [0.25, 0.3) is 0 Å². The van der Waals surface area contributed by atoms with E-state index >= 15 is 0 Å². The summed E-state index contributed by atoms with van der Waals surface area (Å²) in [5, 5.41) is 0. The first-order valence-electron chi connectivity index (χ1n) is 6.86. The summed E-state index contributed by atoms with van der Waals surface area (Å²) in [6.07, 6.45) is 4.32. The average Bonchev–Trinajstić information content (AvgIpc) is 2.65. The zero-order valence-corrected chi connectivity index (χ0v) is 13.5. The molecule has 0 radical (unpaired) electrons. The van der Waals surface area contributed by atoms with E-state index in [0.29, 0.717) is 16.9 Å². The second-order valence-electron chi connectivity index (χ2n) is 6.65. The molecular weight excluding hydrogens is 335 g/mol. The minimum atomic E-state index is 0.344. The summed E-state index contributed by atoms with van der Waals surface area (Å²) in [7, 11) is 0. The molecule has 1 aromatic carbocycles. The first-order valence-corrected chi connectivity index (χ1v) is 7.94. The quantitative estimate of drug-likeness (QED) is 0.686. The van der Waals surface area contributed by atoms with Crippen molar-refractivity contribution in [3.8, 4) is 5.75 Å². The topological polar surface area (TPSA) is 9.23 Å². The number of fused-ring (bicyclic) bond motifs is 2. The van der Waals surface area contributed by atoms with E-state index in [1.807, 2.05) is 0 Å². The second-order valence-corrected chi connectivity index (χ2v) is 7.81. The molecule has 0 unspecified atom stereocenters. The first-order chi connectivity index (χ1) is 8.45. The van der Waals surface area contributed by atoms with Crippen molar-refractivity contribution in [3.05, 3.63) is 27.8 Å². The fraction of sp³-hybridized carbons (Fsp3) is 0.625. The van der Waals surface area contributed by atoms with E-state index in [0.717, 1.165) is 11.7 Å². The van der Waals surface area contributed by atoms with Crippen molar-refractivity contribution in [2.75, 3.05) is 0 Å². The van der Waals surface area contributed by atoms with Crippen LogP contribution in [0.2, 0.25) is 0 Å². The lowest BCUT2D eigenvalue weighted by atomic mass is 9.70. The van der Waals surface area contributed by atoms with Gasteiger partial charge in [0.25, 0.3) is 0 Å². The number of hydrogen-bond donors (Lipinski definition) is 0. The molecule has 1 aromatic rings. The van der Waals surface area contributed by atoms with Crippen LogP contribution in [-0.2, 0) is 0 Å². The summed E-state index contributed by atoms with van der Waals surface area (Å²) in [6, 6.07) is 8.36. The van der Waals surface area contributed by atoms with Crippen molar-refractivity contribution in [1.29, 1.82) is 0 Å². The molecule has 0 amide bonds. The standard InChI is InChI=1S/C16H21IO/c1-15(2)11-8-9-16(15,3)14(10-11)18-13-7-5-4-6-12(13)17/h4-7,11,14H,8-10H2,1-3H3/t11-,14+,16+/m0/s1. The highest BCUT2D eigenvalue weighted by Crippen LogP contribution is 2.66. The smallest absolute Gasteiger partial charge is 0.133 e. The fourth-order valence-electron chi connectivity index (χ4n) is 4.00. The van der Waals surface area contributed by atoms with E-state index < -0.39 is 0 Å². The van der Waals surface area contributed by atoms with Gasteiger partial charge in [-0.05, 0) is 65.3 Å². The summed E-state index contributed by atoms with van der Waals surface area (Å²) in [5.74, 6) is 1.90. The predicted octanol–water partition coefficient (Wildman–Crippen LogP) is 4.88. The van der Waals surface area contributed by atoms with E-state index in [-0.39, 0.29) is 0 Å². The predicted molar refractivity (Wildman–Crippen MR) is 82.8 cm³/mol. The Kier molecular flexibility index (Phi) is 2.92. The van der Waals surface area contributed by atoms with Gasteiger partial charge in [-0.1, -0.05) is 32.9 Å². The van der Waals surface area contributed by atoms with Crippen LogP contribution in [0.4, 0.5) is 0 Å². The molecule has 98 valence electrons. The highest BCUT2D eigenvalue weighted by Gasteiger charge is 2.62. The Hall–Kier alpha value is -0.250. The van der Waals surface area contributed by atoms with Crippen molar-refractivity contribution >= 4 is 22.6 Å². The van der Waals surface area contributed by atoms with Gasteiger partial charge in [0.1, 0.15) is 11.9 Å². The van der Waals surface area contributed by atoms with Gasteiger partial charge in [-0.25, -0.2) is 0 Å². The number of ether oxygens (including phenoxy) is 1. The normalized spacial score (nSPS) is 36.9. The maximum absolute atomic E-state index is 6.37. The first kappa shape index (κ1) is 12.8. The Labute approximate surface area is 123 Å². The minimum absolute atomic E-state index is 0.344. The van der Waals surface area contributed by atoms with E-state index in [1.165, 1.54) is 22.8 Å². The summed E-state index contributed by atoms with van der Waals surface area (Å²) in [6.45, 7) is 7.30. The van der Waals surface area contributed by atoms with Crippen LogP contribution in [0.1, 0.15) is 40.0 Å². The Morgan fingerprint density at radius 2 is 1.94 bits per heavy atom. The molecule has 2 heteroatoms. The number of halogens is 1. The Morgan fingerprint density at radius 3 is 2.50 bits per heavy atom. The summed E-state index contributed by atoms with van der Waals surface area (Å²) < 4.78 is 7.59. The van der Waals surface area contributed by atoms with Crippen molar-refractivity contribution in [2.45, 2.75) is 46.1 Å². The largest absolute Gasteiger partial charge is 0.489 e. The van der Waals surface area contributed by atoms with Gasteiger partial charge in [0.15, 0.2) is 0 Å². The van der Waals surface area contributed by atoms with Crippen molar-refractivity contribution in [1.82, 2.24) is 0 Å². The number of hydrogen-bond acceptors (Lipinski definition) is 1. The van der Waals surface area contributed by atoms with Crippen molar-refractivity contribution < 1.29 is 4.74 Å². The number of benzene rings is 1. The van der Waals surface area contributed by atoms with Crippen molar-refractivity contribution in [3.63, 3.8) is 0 Å². The molecular formula is C16H21IO. The SMILES string of the molecule is CC1(C)[C@H]2CC[C@]1(C)[C@H](Oc1ccccc1I)C2. The van der Waals surface area contributed by atoms with Crippen LogP contribution in [0.15, 0.2) is 24.3 Å². The fourth-order valence-corrected chi connectivity index (χ4v) is 4.52. The van der Waals surface area contributed by atoms with Gasteiger partial charge in [-0.3, -0.25) is 0 Å². The van der Waals surface area contributed by atoms with Gasteiger partial charge in [0.2, 0.25) is 0 Å². The molecule has 1 nitrogen and oxygen atoms in total. The molecule has 2 aliphatic rings. The van der Waals surface area contributed by atoms with Crippen molar-refractivity contribution in [2.24, 2.45) is 16.7 Å². The van der Waals surface area contributed by atoms with Gasteiger partial charge in [-0.15, -0.1) is 0 Å². The molecule has 2 aliphatic carbocycles. The Morgan fingerprint density at radius 1 is 1.22 bits per heavy atom. The lowest BCUT2D eigenvalue weighted by Crippen LogP contribution is -2.39. The van der Waals surface area contributed by atoms with Crippen LogP contribution in [0.5, 0.6) is 5.75 Å². The maximum Gasteiger partial charge on any atom is 0.133 e. The molecule has 0 heterocycles. The van der Waals surface area contributed by atoms with E-state index in [9.17, 15) is 0 Å². The molecule has 0 aliphatic heterocycles. The molecule has 2 saturated carbocycles. The molecule has 0 spiro atoms. The van der Waals surface area contributed by atoms with E-state index in [4.69, 9.17) is 4.74 Å². The molecule has 2 fully saturated rings. The second kappa shape index (κ2) is 4.12. The maximum atomic E-state index is 6.37. The van der Waals surface area contributed by atoms with Crippen LogP contribution in [-0.4, -0.2) is 6.10 Å². The average molecular weight is 356 g/mol. The molecule has 0 aromatic heterocycles. The monoisotopic (exact) mass is 356 g/mol. The van der Waals surface area contributed by atoms with Gasteiger partial charge in [-0.2, -0.15) is 0 Å². The lowest BCUT2D eigenvalue weighted by molar-refractivity contribution is 0.0296. The summed E-state index contributed by atoms with van der Waals surface area (Å²) >= 11 is 2.37. The Balaban J connectivity index is 1.86. The zero-order chi connectivity index (χ0) is 13.0. The van der Waals surface area contributed by atoms with Crippen LogP contribution < -0.4 is 4.74 Å². The lowest BCUT2D eigenvalue weighted by Gasteiger charge is -2.39. The number of rotatable bonds is 2. The third-order valence-corrected chi connectivity index (χ3v) is 6.71. The molecule has 3 rings (SSSR count). The highest BCUT2D eigenvalue weighted by molar-refractivity contribution is 14.1. The van der Waals surface area contributed by atoms with E-state index in [2.05, 4.69) is 67.6 Å². The van der Waals surface area contributed by atoms with Gasteiger partial charge in [0.05, 0.1) is 3.57 Å². The van der Waals surface area contributed by atoms with Crippen LogP contribution >= 0.6 is 22.6 Å². The highest BCUT2D eigenvalue weighted by atomic mass is 127. The number of para-hydroxylation sites is 1. The van der Waals surface area contributed by atoms with Crippen LogP contribution in [0, 0.1) is 20.3 Å². The molecule has 0 saturated heterocycles. The third kappa shape index (κ3) is 1.64. The zero-order valence-electron chi connectivity index (χ0n) is 11.4. The minimum Gasteiger partial charge on any atom is -0.489 e. The van der Waals surface area contributed by atoms with Crippen LogP contribution in [0.3, 0.4) is 0 Å². The third-order valence-electron chi connectivity index (χ3n) is 5.82. The molecule has 0 N–H and O–H groups in total. The van der Waals surface area contributed by atoms with Gasteiger partial charge >= 0.3 is 0 Å².